The minimum absolute atomic E-state index is 0.578. The summed E-state index contributed by atoms with van der Waals surface area (Å²) in [5, 5.41) is 4.26. The van der Waals surface area contributed by atoms with Crippen molar-refractivity contribution >= 4 is 17.6 Å². The minimum Gasteiger partial charge on any atom is -0.370 e. The van der Waals surface area contributed by atoms with Crippen LogP contribution in [0.3, 0.4) is 0 Å². The highest BCUT2D eigenvalue weighted by atomic mass is 32.2. The first-order valence-electron chi connectivity index (χ1n) is 6.67. The van der Waals surface area contributed by atoms with Gasteiger partial charge in [0.05, 0.1) is 0 Å². The Kier molecular flexibility index (Phi) is 4.86. The van der Waals surface area contributed by atoms with Crippen LogP contribution in [0.5, 0.6) is 0 Å². The van der Waals surface area contributed by atoms with E-state index in [4.69, 9.17) is 0 Å². The second kappa shape index (κ2) is 6.62. The molecule has 0 saturated heterocycles. The summed E-state index contributed by atoms with van der Waals surface area (Å²) in [5.41, 5.74) is 1.37. The number of anilines is 1. The van der Waals surface area contributed by atoms with E-state index in [2.05, 4.69) is 55.3 Å². The molecule has 0 aliphatic carbocycles. The molecule has 0 atom stereocenters. The second-order valence-electron chi connectivity index (χ2n) is 4.72. The summed E-state index contributed by atoms with van der Waals surface area (Å²) in [4.78, 5) is 5.79. The van der Waals surface area contributed by atoms with Crippen LogP contribution in [0.15, 0.2) is 52.4 Å². The van der Waals surface area contributed by atoms with Crippen LogP contribution in [0.2, 0.25) is 0 Å². The van der Waals surface area contributed by atoms with Gasteiger partial charge in [-0.05, 0) is 42.7 Å². The third-order valence-corrected chi connectivity index (χ3v) is 3.79. The molecule has 0 bridgehead atoms. The topological polar surface area (TPSA) is 24.9 Å². The molecular weight excluding hydrogens is 252 g/mol. The van der Waals surface area contributed by atoms with Crippen LogP contribution in [-0.4, -0.2) is 11.5 Å². The summed E-state index contributed by atoms with van der Waals surface area (Å²) in [7, 11) is 0. The van der Waals surface area contributed by atoms with Crippen LogP contribution < -0.4 is 5.32 Å². The number of nitrogens with zero attached hydrogens (tertiary/aromatic N) is 1. The third kappa shape index (κ3) is 4.00. The van der Waals surface area contributed by atoms with Crippen molar-refractivity contribution in [3.8, 4) is 0 Å². The number of pyridine rings is 1. The average molecular weight is 272 g/mol. The van der Waals surface area contributed by atoms with E-state index >= 15 is 0 Å². The lowest BCUT2D eigenvalue weighted by Gasteiger charge is -2.07. The zero-order valence-electron chi connectivity index (χ0n) is 11.7. The SMILES string of the molecule is CCNc1cccc(Sc2ccc(C(C)C)cc2)n1. The van der Waals surface area contributed by atoms with E-state index in [1.54, 1.807) is 11.8 Å². The Labute approximate surface area is 119 Å². The molecule has 0 aliphatic rings. The van der Waals surface area contributed by atoms with Crippen LogP contribution >= 0.6 is 11.8 Å². The highest BCUT2D eigenvalue weighted by molar-refractivity contribution is 7.99. The molecule has 1 heterocycles. The maximum atomic E-state index is 4.57. The fourth-order valence-electron chi connectivity index (χ4n) is 1.79. The van der Waals surface area contributed by atoms with Gasteiger partial charge in [0, 0.05) is 11.4 Å². The zero-order valence-corrected chi connectivity index (χ0v) is 12.5. The molecule has 0 spiro atoms. The third-order valence-electron chi connectivity index (χ3n) is 2.85. The quantitative estimate of drug-likeness (QED) is 0.847. The van der Waals surface area contributed by atoms with E-state index in [0.29, 0.717) is 5.92 Å². The average Bonchev–Trinajstić information content (AvgIpc) is 2.40. The van der Waals surface area contributed by atoms with Crippen molar-refractivity contribution in [2.24, 2.45) is 0 Å². The van der Waals surface area contributed by atoms with Gasteiger partial charge in [-0.3, -0.25) is 0 Å². The Morgan fingerprint density at radius 1 is 1.11 bits per heavy atom. The Balaban J connectivity index is 2.10. The van der Waals surface area contributed by atoms with Crippen LogP contribution in [0.4, 0.5) is 5.82 Å². The Bertz CT molecular complexity index is 521. The molecule has 0 radical (unpaired) electrons. The molecule has 2 rings (SSSR count). The number of aromatic nitrogens is 1. The van der Waals surface area contributed by atoms with Crippen LogP contribution in [0, 0.1) is 0 Å². The number of benzene rings is 1. The molecule has 1 aromatic heterocycles. The van der Waals surface area contributed by atoms with Crippen molar-refractivity contribution in [2.75, 3.05) is 11.9 Å². The van der Waals surface area contributed by atoms with Gasteiger partial charge in [0.2, 0.25) is 0 Å². The number of rotatable bonds is 5. The molecule has 2 nitrogen and oxygen atoms in total. The van der Waals surface area contributed by atoms with Gasteiger partial charge in [0.25, 0.3) is 0 Å². The molecule has 19 heavy (non-hydrogen) atoms. The number of hydrogen-bond acceptors (Lipinski definition) is 3. The summed E-state index contributed by atoms with van der Waals surface area (Å²) >= 11 is 1.70. The summed E-state index contributed by atoms with van der Waals surface area (Å²) in [5.74, 6) is 1.51. The Morgan fingerprint density at radius 3 is 2.47 bits per heavy atom. The lowest BCUT2D eigenvalue weighted by molar-refractivity contribution is 0.865. The van der Waals surface area contributed by atoms with E-state index in [1.807, 2.05) is 18.2 Å². The first-order chi connectivity index (χ1) is 9.19. The fraction of sp³-hybridized carbons (Fsp3) is 0.312. The van der Waals surface area contributed by atoms with Gasteiger partial charge in [0.15, 0.2) is 0 Å². The minimum atomic E-state index is 0.578. The fourth-order valence-corrected chi connectivity index (χ4v) is 2.60. The standard InChI is InChI=1S/C16H20N2S/c1-4-17-15-6-5-7-16(18-15)19-14-10-8-13(9-11-14)12(2)3/h5-12H,4H2,1-3H3,(H,17,18). The smallest absolute Gasteiger partial charge is 0.127 e. The van der Waals surface area contributed by atoms with Gasteiger partial charge in [0.1, 0.15) is 10.8 Å². The largest absolute Gasteiger partial charge is 0.370 e. The lowest BCUT2D eigenvalue weighted by Crippen LogP contribution is -1.98. The first kappa shape index (κ1) is 13.9. The van der Waals surface area contributed by atoms with Gasteiger partial charge in [-0.1, -0.05) is 43.8 Å². The summed E-state index contributed by atoms with van der Waals surface area (Å²) < 4.78 is 0. The molecule has 0 amide bonds. The summed E-state index contributed by atoms with van der Waals surface area (Å²) in [6.45, 7) is 7.39. The van der Waals surface area contributed by atoms with Crippen LogP contribution in [-0.2, 0) is 0 Å². The first-order valence-corrected chi connectivity index (χ1v) is 7.49. The molecule has 1 aromatic carbocycles. The molecule has 1 N–H and O–H groups in total. The second-order valence-corrected chi connectivity index (χ2v) is 5.81. The van der Waals surface area contributed by atoms with E-state index in [9.17, 15) is 0 Å². The monoisotopic (exact) mass is 272 g/mol. The summed E-state index contributed by atoms with van der Waals surface area (Å²) in [6, 6.07) is 14.8. The normalized spacial score (nSPS) is 10.7. The number of hydrogen-bond donors (Lipinski definition) is 1. The Morgan fingerprint density at radius 2 is 1.84 bits per heavy atom. The predicted octanol–water partition coefficient (Wildman–Crippen LogP) is 4.79. The molecule has 100 valence electrons. The highest BCUT2D eigenvalue weighted by Crippen LogP contribution is 2.28. The molecule has 2 aromatic rings. The van der Waals surface area contributed by atoms with E-state index in [0.717, 1.165) is 17.4 Å². The molecule has 0 fully saturated rings. The summed E-state index contributed by atoms with van der Waals surface area (Å²) in [6.07, 6.45) is 0. The Hall–Kier alpha value is -1.48. The van der Waals surface area contributed by atoms with Gasteiger partial charge < -0.3 is 5.32 Å². The van der Waals surface area contributed by atoms with Gasteiger partial charge >= 0.3 is 0 Å². The lowest BCUT2D eigenvalue weighted by atomic mass is 10.0. The van der Waals surface area contributed by atoms with E-state index in [-0.39, 0.29) is 0 Å². The molecular formula is C16H20N2S. The van der Waals surface area contributed by atoms with Crippen molar-refractivity contribution in [3.05, 3.63) is 48.0 Å². The molecule has 3 heteroatoms. The van der Waals surface area contributed by atoms with Crippen molar-refractivity contribution < 1.29 is 0 Å². The van der Waals surface area contributed by atoms with Crippen LogP contribution in [0.1, 0.15) is 32.3 Å². The van der Waals surface area contributed by atoms with Gasteiger partial charge in [-0.2, -0.15) is 0 Å². The predicted molar refractivity (Wildman–Crippen MR) is 83.1 cm³/mol. The van der Waals surface area contributed by atoms with E-state index in [1.165, 1.54) is 10.5 Å². The van der Waals surface area contributed by atoms with Crippen LogP contribution in [0.25, 0.3) is 0 Å². The molecule has 0 aliphatic heterocycles. The number of nitrogens with one attached hydrogen (secondary N) is 1. The van der Waals surface area contributed by atoms with Crippen molar-refractivity contribution in [1.29, 1.82) is 0 Å². The van der Waals surface area contributed by atoms with E-state index < -0.39 is 0 Å². The molecule has 0 saturated carbocycles. The molecule has 0 unspecified atom stereocenters. The van der Waals surface area contributed by atoms with Gasteiger partial charge in [-0.15, -0.1) is 0 Å². The maximum Gasteiger partial charge on any atom is 0.127 e. The van der Waals surface area contributed by atoms with Gasteiger partial charge in [-0.25, -0.2) is 4.98 Å². The van der Waals surface area contributed by atoms with Crippen molar-refractivity contribution in [3.63, 3.8) is 0 Å². The highest BCUT2D eigenvalue weighted by Gasteiger charge is 2.02. The maximum absolute atomic E-state index is 4.57. The van der Waals surface area contributed by atoms with Crippen molar-refractivity contribution in [2.45, 2.75) is 36.6 Å². The van der Waals surface area contributed by atoms with Crippen molar-refractivity contribution in [1.82, 2.24) is 4.98 Å². The zero-order chi connectivity index (χ0) is 13.7.